The van der Waals surface area contributed by atoms with Crippen LogP contribution in [0.2, 0.25) is 0 Å². The summed E-state index contributed by atoms with van der Waals surface area (Å²) in [6.45, 7) is 0. The summed E-state index contributed by atoms with van der Waals surface area (Å²) < 4.78 is 0. The first kappa shape index (κ1) is 15.2. The molecule has 1 unspecified atom stereocenters. The van der Waals surface area contributed by atoms with Crippen molar-refractivity contribution in [1.82, 2.24) is 9.88 Å². The van der Waals surface area contributed by atoms with Crippen molar-refractivity contribution in [2.24, 2.45) is 0 Å². The van der Waals surface area contributed by atoms with Crippen molar-refractivity contribution in [1.29, 1.82) is 0 Å². The summed E-state index contributed by atoms with van der Waals surface area (Å²) >= 11 is 3.98. The van der Waals surface area contributed by atoms with E-state index in [-0.39, 0.29) is 5.91 Å². The van der Waals surface area contributed by atoms with Gasteiger partial charge in [0.25, 0.3) is 5.91 Å². The molecule has 0 spiro atoms. The Morgan fingerprint density at radius 2 is 2.05 bits per heavy atom. The highest BCUT2D eigenvalue weighted by Gasteiger charge is 2.33. The number of carbonyl (C=O) groups excluding carboxylic acids is 1. The van der Waals surface area contributed by atoms with Crippen LogP contribution in [0, 0.1) is 0 Å². The minimum Gasteiger partial charge on any atom is -0.324 e. The molecule has 1 atom stereocenters. The molecule has 2 aliphatic rings. The van der Waals surface area contributed by atoms with E-state index in [0.717, 1.165) is 24.8 Å². The van der Waals surface area contributed by atoms with Crippen LogP contribution in [0.25, 0.3) is 0 Å². The second-order valence-electron chi connectivity index (χ2n) is 5.62. The van der Waals surface area contributed by atoms with Crippen molar-refractivity contribution < 1.29 is 4.79 Å². The topological polar surface area (TPSA) is 33.2 Å². The third-order valence-electron chi connectivity index (χ3n) is 4.19. The average Bonchev–Trinajstić information content (AvgIpc) is 2.58. The molecule has 0 aliphatic carbocycles. The fourth-order valence-corrected chi connectivity index (χ4v) is 5.56. The zero-order chi connectivity index (χ0) is 14.5. The van der Waals surface area contributed by atoms with Gasteiger partial charge in [-0.15, -0.1) is 11.8 Å². The molecule has 0 saturated carbocycles. The van der Waals surface area contributed by atoms with Crippen LogP contribution in [0.5, 0.6) is 0 Å². The van der Waals surface area contributed by atoms with Crippen LogP contribution in [0.1, 0.15) is 42.5 Å². The highest BCUT2D eigenvalue weighted by Crippen LogP contribution is 2.34. The Labute approximate surface area is 135 Å². The van der Waals surface area contributed by atoms with E-state index in [1.165, 1.54) is 30.1 Å². The number of carbonyl (C=O) groups is 1. The SMILES string of the molecule is O=C(c1cccnc1)N(C1CCSCC1)C1CCCCS1. The molecule has 3 rings (SSSR count). The molecule has 1 amide bonds. The van der Waals surface area contributed by atoms with Crippen molar-refractivity contribution in [3.63, 3.8) is 0 Å². The second kappa shape index (κ2) is 7.54. The fourth-order valence-electron chi connectivity index (χ4n) is 3.08. The average molecular weight is 322 g/mol. The van der Waals surface area contributed by atoms with E-state index < -0.39 is 0 Å². The fraction of sp³-hybridized carbons (Fsp3) is 0.625. The van der Waals surface area contributed by atoms with Gasteiger partial charge in [-0.1, -0.05) is 0 Å². The molecule has 0 radical (unpaired) electrons. The molecular formula is C16H22N2OS2. The second-order valence-corrected chi connectivity index (χ2v) is 8.13. The maximum atomic E-state index is 13.0. The van der Waals surface area contributed by atoms with Gasteiger partial charge in [-0.2, -0.15) is 11.8 Å². The number of hydrogen-bond donors (Lipinski definition) is 0. The lowest BCUT2D eigenvalue weighted by Crippen LogP contribution is -2.48. The monoisotopic (exact) mass is 322 g/mol. The predicted octanol–water partition coefficient (Wildman–Crippen LogP) is 3.66. The third kappa shape index (κ3) is 3.75. The molecule has 2 aliphatic heterocycles. The van der Waals surface area contributed by atoms with Crippen LogP contribution in [-0.2, 0) is 0 Å². The quantitative estimate of drug-likeness (QED) is 0.850. The number of hydrogen-bond acceptors (Lipinski definition) is 4. The number of rotatable bonds is 3. The summed E-state index contributed by atoms with van der Waals surface area (Å²) in [6.07, 6.45) is 9.38. The van der Waals surface area contributed by atoms with E-state index in [0.29, 0.717) is 11.4 Å². The van der Waals surface area contributed by atoms with Crippen molar-refractivity contribution in [3.8, 4) is 0 Å². The van der Waals surface area contributed by atoms with Crippen LogP contribution in [0.4, 0.5) is 0 Å². The maximum absolute atomic E-state index is 13.0. The van der Waals surface area contributed by atoms with Crippen LogP contribution >= 0.6 is 23.5 Å². The van der Waals surface area contributed by atoms with Crippen molar-refractivity contribution in [3.05, 3.63) is 30.1 Å². The molecular weight excluding hydrogens is 300 g/mol. The molecule has 3 nitrogen and oxygen atoms in total. The lowest BCUT2D eigenvalue weighted by molar-refractivity contribution is 0.0630. The molecule has 21 heavy (non-hydrogen) atoms. The van der Waals surface area contributed by atoms with E-state index in [9.17, 15) is 4.79 Å². The lowest BCUT2D eigenvalue weighted by Gasteiger charge is -2.41. The van der Waals surface area contributed by atoms with Gasteiger partial charge in [-0.05, 0) is 61.5 Å². The van der Waals surface area contributed by atoms with Crippen molar-refractivity contribution >= 4 is 29.4 Å². The highest BCUT2D eigenvalue weighted by molar-refractivity contribution is 8.00. The number of nitrogens with zero attached hydrogens (tertiary/aromatic N) is 2. The number of pyridine rings is 1. The standard InChI is InChI=1S/C16H22N2OS2/c19-16(13-4-3-8-17-12-13)18(14-6-10-20-11-7-14)15-5-1-2-9-21-15/h3-4,8,12,14-15H,1-2,5-7,9-11H2. The van der Waals surface area contributed by atoms with Crippen LogP contribution < -0.4 is 0 Å². The number of aromatic nitrogens is 1. The molecule has 0 bridgehead atoms. The largest absolute Gasteiger partial charge is 0.324 e. The molecule has 114 valence electrons. The molecule has 5 heteroatoms. The summed E-state index contributed by atoms with van der Waals surface area (Å²) in [5, 5.41) is 0.361. The van der Waals surface area contributed by atoms with Gasteiger partial charge in [0.1, 0.15) is 0 Å². The first-order chi connectivity index (χ1) is 10.4. The summed E-state index contributed by atoms with van der Waals surface area (Å²) in [6, 6.07) is 4.17. The minimum absolute atomic E-state index is 0.180. The molecule has 1 aromatic heterocycles. The van der Waals surface area contributed by atoms with Crippen LogP contribution in [0.15, 0.2) is 24.5 Å². The maximum Gasteiger partial charge on any atom is 0.256 e. The van der Waals surface area contributed by atoms with Gasteiger partial charge in [0, 0.05) is 18.4 Å². The van der Waals surface area contributed by atoms with Crippen LogP contribution in [-0.4, -0.2) is 44.5 Å². The molecule has 3 heterocycles. The Balaban J connectivity index is 1.81. The highest BCUT2D eigenvalue weighted by atomic mass is 32.2. The first-order valence-corrected chi connectivity index (χ1v) is 9.98. The normalized spacial score (nSPS) is 23.7. The summed E-state index contributed by atoms with van der Waals surface area (Å²) in [4.78, 5) is 19.3. The molecule has 0 aromatic carbocycles. The molecule has 1 aromatic rings. The van der Waals surface area contributed by atoms with Gasteiger partial charge in [0.05, 0.1) is 10.9 Å². The Kier molecular flexibility index (Phi) is 5.47. The number of amides is 1. The van der Waals surface area contributed by atoms with E-state index in [4.69, 9.17) is 0 Å². The first-order valence-electron chi connectivity index (χ1n) is 7.78. The summed E-state index contributed by atoms with van der Waals surface area (Å²) in [7, 11) is 0. The predicted molar refractivity (Wildman–Crippen MR) is 90.9 cm³/mol. The van der Waals surface area contributed by atoms with Gasteiger partial charge >= 0.3 is 0 Å². The molecule has 2 fully saturated rings. The number of thioether (sulfide) groups is 2. The van der Waals surface area contributed by atoms with Gasteiger partial charge in [-0.25, -0.2) is 0 Å². The lowest BCUT2D eigenvalue weighted by atomic mass is 10.1. The Hall–Kier alpha value is -0.680. The molecule has 0 N–H and O–H groups in total. The zero-order valence-corrected chi connectivity index (χ0v) is 13.9. The third-order valence-corrected chi connectivity index (χ3v) is 6.61. The van der Waals surface area contributed by atoms with Gasteiger partial charge < -0.3 is 4.90 Å². The summed E-state index contributed by atoms with van der Waals surface area (Å²) in [5.41, 5.74) is 0.738. The van der Waals surface area contributed by atoms with E-state index in [1.807, 2.05) is 35.7 Å². The summed E-state index contributed by atoms with van der Waals surface area (Å²) in [5.74, 6) is 3.72. The smallest absolute Gasteiger partial charge is 0.256 e. The van der Waals surface area contributed by atoms with E-state index >= 15 is 0 Å². The van der Waals surface area contributed by atoms with Gasteiger partial charge in [0.15, 0.2) is 0 Å². The minimum atomic E-state index is 0.180. The van der Waals surface area contributed by atoms with Crippen molar-refractivity contribution in [2.45, 2.75) is 43.5 Å². The Morgan fingerprint density at radius 3 is 2.71 bits per heavy atom. The van der Waals surface area contributed by atoms with Gasteiger partial charge in [0.2, 0.25) is 0 Å². The van der Waals surface area contributed by atoms with Gasteiger partial charge in [-0.3, -0.25) is 9.78 Å². The Morgan fingerprint density at radius 1 is 1.19 bits per heavy atom. The van der Waals surface area contributed by atoms with Crippen molar-refractivity contribution in [2.75, 3.05) is 17.3 Å². The van der Waals surface area contributed by atoms with E-state index in [2.05, 4.69) is 9.88 Å². The Bertz CT molecular complexity index is 439. The molecule has 2 saturated heterocycles. The zero-order valence-electron chi connectivity index (χ0n) is 12.2. The van der Waals surface area contributed by atoms with E-state index in [1.54, 1.807) is 12.4 Å². The van der Waals surface area contributed by atoms with Crippen LogP contribution in [0.3, 0.4) is 0 Å².